The van der Waals surface area contributed by atoms with Gasteiger partial charge in [0.25, 0.3) is 0 Å². The van der Waals surface area contributed by atoms with Crippen LogP contribution in [-0.4, -0.2) is 50.2 Å². The molecule has 106 valence electrons. The Bertz CT molecular complexity index is 383. The molecule has 0 saturated carbocycles. The summed E-state index contributed by atoms with van der Waals surface area (Å²) in [6, 6.07) is -0.189. The number of esters is 1. The number of methoxy groups -OCH3 is 1. The lowest BCUT2D eigenvalue weighted by atomic mass is 10.00. The highest BCUT2D eigenvalue weighted by Crippen LogP contribution is 2.26. The number of piperidine rings is 1. The van der Waals surface area contributed by atoms with Crippen molar-refractivity contribution in [3.63, 3.8) is 0 Å². The van der Waals surface area contributed by atoms with Crippen molar-refractivity contribution >= 4 is 16.0 Å². The van der Waals surface area contributed by atoms with Crippen LogP contribution in [0.3, 0.4) is 0 Å². The minimum Gasteiger partial charge on any atom is -0.469 e. The van der Waals surface area contributed by atoms with Crippen molar-refractivity contribution in [1.29, 1.82) is 0 Å². The molecule has 7 heteroatoms. The van der Waals surface area contributed by atoms with Crippen LogP contribution in [0.1, 0.15) is 32.6 Å². The van der Waals surface area contributed by atoms with E-state index in [2.05, 4.69) is 4.74 Å². The van der Waals surface area contributed by atoms with Gasteiger partial charge in [0.15, 0.2) is 0 Å². The fourth-order valence-corrected chi connectivity index (χ4v) is 4.34. The molecule has 0 bridgehead atoms. The first kappa shape index (κ1) is 15.4. The Labute approximate surface area is 109 Å². The zero-order chi connectivity index (χ0) is 13.8. The number of ether oxygens (including phenoxy) is 1. The Balaban J connectivity index is 2.77. The highest BCUT2D eigenvalue weighted by molar-refractivity contribution is 7.89. The quantitative estimate of drug-likeness (QED) is 0.719. The monoisotopic (exact) mass is 278 g/mol. The summed E-state index contributed by atoms with van der Waals surface area (Å²) in [5.74, 6) is -0.715. The van der Waals surface area contributed by atoms with Gasteiger partial charge in [-0.15, -0.1) is 0 Å². The van der Waals surface area contributed by atoms with Crippen LogP contribution >= 0.6 is 0 Å². The van der Waals surface area contributed by atoms with Gasteiger partial charge < -0.3 is 10.5 Å². The van der Waals surface area contributed by atoms with E-state index in [1.54, 1.807) is 0 Å². The molecule has 0 aromatic heterocycles. The van der Waals surface area contributed by atoms with E-state index >= 15 is 0 Å². The number of hydrogen-bond acceptors (Lipinski definition) is 5. The summed E-state index contributed by atoms with van der Waals surface area (Å²) >= 11 is 0. The van der Waals surface area contributed by atoms with E-state index in [1.165, 1.54) is 11.4 Å². The molecule has 0 aromatic rings. The van der Waals surface area contributed by atoms with Gasteiger partial charge in [-0.1, -0.05) is 6.42 Å². The molecule has 6 nitrogen and oxygen atoms in total. The van der Waals surface area contributed by atoms with Crippen LogP contribution in [0.25, 0.3) is 0 Å². The predicted molar refractivity (Wildman–Crippen MR) is 68.4 cm³/mol. The van der Waals surface area contributed by atoms with Gasteiger partial charge in [0.1, 0.15) is 0 Å². The largest absolute Gasteiger partial charge is 0.469 e. The maximum absolute atomic E-state index is 12.2. The molecule has 0 aliphatic carbocycles. The van der Waals surface area contributed by atoms with Gasteiger partial charge in [-0.3, -0.25) is 4.79 Å². The summed E-state index contributed by atoms with van der Waals surface area (Å²) in [7, 11) is -2.20. The van der Waals surface area contributed by atoms with Crippen molar-refractivity contribution in [2.24, 2.45) is 5.73 Å². The molecule has 2 unspecified atom stereocenters. The molecule has 18 heavy (non-hydrogen) atoms. The molecule has 1 saturated heterocycles. The lowest BCUT2D eigenvalue weighted by Crippen LogP contribution is -2.52. The van der Waals surface area contributed by atoms with Crippen molar-refractivity contribution in [3.8, 4) is 0 Å². The fourth-order valence-electron chi connectivity index (χ4n) is 2.41. The molecule has 1 aliphatic heterocycles. The zero-order valence-electron chi connectivity index (χ0n) is 11.0. The first-order valence-electron chi connectivity index (χ1n) is 6.20. The minimum absolute atomic E-state index is 0.0463. The third-order valence-corrected chi connectivity index (χ3v) is 5.36. The zero-order valence-corrected chi connectivity index (χ0v) is 11.8. The molecular weight excluding hydrogens is 256 g/mol. The summed E-state index contributed by atoms with van der Waals surface area (Å²) in [5.41, 5.74) is 5.64. The molecule has 0 spiro atoms. The molecule has 2 atom stereocenters. The maximum atomic E-state index is 12.2. The molecule has 1 rings (SSSR count). The number of nitrogens with two attached hydrogens (primary N) is 1. The highest BCUT2D eigenvalue weighted by atomic mass is 32.2. The van der Waals surface area contributed by atoms with Gasteiger partial charge in [0.05, 0.1) is 19.3 Å². The fraction of sp³-hybridized carbons (Fsp3) is 0.909. The Kier molecular flexibility index (Phi) is 5.55. The first-order valence-corrected chi connectivity index (χ1v) is 7.81. The van der Waals surface area contributed by atoms with Crippen LogP contribution < -0.4 is 5.73 Å². The van der Waals surface area contributed by atoms with E-state index in [0.29, 0.717) is 6.54 Å². The molecule has 1 fully saturated rings. The Morgan fingerprint density at radius 1 is 1.44 bits per heavy atom. The van der Waals surface area contributed by atoms with Crippen molar-refractivity contribution in [2.75, 3.05) is 19.4 Å². The second kappa shape index (κ2) is 6.49. The van der Waals surface area contributed by atoms with Gasteiger partial charge in [-0.25, -0.2) is 8.42 Å². The first-order chi connectivity index (χ1) is 8.42. The van der Waals surface area contributed by atoms with Crippen LogP contribution in [0.4, 0.5) is 0 Å². The standard InChI is InChI=1S/C11H22N2O4S/c1-9-4-3-5-10(8-12)13(9)18(15,16)7-6-11(14)17-2/h9-10H,3-8,12H2,1-2H3. The van der Waals surface area contributed by atoms with E-state index in [9.17, 15) is 13.2 Å². The SMILES string of the molecule is COC(=O)CCS(=O)(=O)N1C(C)CCCC1CN. The Hall–Kier alpha value is -0.660. The Morgan fingerprint density at radius 2 is 2.11 bits per heavy atom. The van der Waals surface area contributed by atoms with Crippen LogP contribution in [0.15, 0.2) is 0 Å². The number of carbonyl (C=O) groups is 1. The molecule has 1 aliphatic rings. The predicted octanol–water partition coefficient (Wildman–Crippen LogP) is 0.0810. The minimum atomic E-state index is -3.45. The summed E-state index contributed by atoms with van der Waals surface area (Å²) in [4.78, 5) is 11.0. The summed E-state index contributed by atoms with van der Waals surface area (Å²) < 4.78 is 30.4. The second-order valence-electron chi connectivity index (χ2n) is 4.64. The number of sulfonamides is 1. The molecular formula is C11H22N2O4S. The van der Waals surface area contributed by atoms with E-state index in [1.807, 2.05) is 6.92 Å². The van der Waals surface area contributed by atoms with Gasteiger partial charge >= 0.3 is 5.97 Å². The van der Waals surface area contributed by atoms with E-state index in [-0.39, 0.29) is 24.3 Å². The lowest BCUT2D eigenvalue weighted by molar-refractivity contribution is -0.140. The van der Waals surface area contributed by atoms with Gasteiger partial charge in [-0.2, -0.15) is 4.31 Å². The molecule has 1 heterocycles. The normalized spacial score (nSPS) is 25.9. The van der Waals surface area contributed by atoms with E-state index in [0.717, 1.165) is 19.3 Å². The Morgan fingerprint density at radius 3 is 2.67 bits per heavy atom. The topological polar surface area (TPSA) is 89.7 Å². The van der Waals surface area contributed by atoms with Gasteiger partial charge in [0.2, 0.25) is 10.0 Å². The molecule has 0 aromatic carbocycles. The van der Waals surface area contributed by atoms with Crippen molar-refractivity contribution in [1.82, 2.24) is 4.31 Å². The maximum Gasteiger partial charge on any atom is 0.306 e. The van der Waals surface area contributed by atoms with Gasteiger partial charge in [-0.05, 0) is 19.8 Å². The van der Waals surface area contributed by atoms with Crippen molar-refractivity contribution < 1.29 is 17.9 Å². The van der Waals surface area contributed by atoms with Gasteiger partial charge in [0, 0.05) is 18.6 Å². The lowest BCUT2D eigenvalue weighted by Gasteiger charge is -2.38. The van der Waals surface area contributed by atoms with Crippen molar-refractivity contribution in [3.05, 3.63) is 0 Å². The highest BCUT2D eigenvalue weighted by Gasteiger charge is 2.36. The van der Waals surface area contributed by atoms with Crippen LogP contribution in [-0.2, 0) is 19.6 Å². The molecule has 2 N–H and O–H groups in total. The number of hydrogen-bond donors (Lipinski definition) is 1. The second-order valence-corrected chi connectivity index (χ2v) is 6.64. The molecule has 0 radical (unpaired) electrons. The van der Waals surface area contributed by atoms with Crippen LogP contribution in [0.5, 0.6) is 0 Å². The number of rotatable bonds is 5. The summed E-state index contributed by atoms with van der Waals surface area (Å²) in [6.45, 7) is 2.21. The smallest absolute Gasteiger partial charge is 0.306 e. The number of nitrogens with zero attached hydrogens (tertiary/aromatic N) is 1. The van der Waals surface area contributed by atoms with E-state index in [4.69, 9.17) is 5.73 Å². The average molecular weight is 278 g/mol. The van der Waals surface area contributed by atoms with Crippen LogP contribution in [0.2, 0.25) is 0 Å². The average Bonchev–Trinajstić information content (AvgIpc) is 2.35. The molecule has 0 amide bonds. The third kappa shape index (κ3) is 3.66. The summed E-state index contributed by atoms with van der Waals surface area (Å²) in [6.07, 6.45) is 2.51. The van der Waals surface area contributed by atoms with Crippen molar-refractivity contribution in [2.45, 2.75) is 44.7 Å². The number of carbonyl (C=O) groups excluding carboxylic acids is 1. The van der Waals surface area contributed by atoms with Crippen LogP contribution in [0, 0.1) is 0 Å². The third-order valence-electron chi connectivity index (χ3n) is 3.34. The van der Waals surface area contributed by atoms with E-state index < -0.39 is 16.0 Å². The summed E-state index contributed by atoms with van der Waals surface area (Å²) in [5, 5.41) is 0.